The number of ether oxygens (including phenoxy) is 1. The van der Waals surface area contributed by atoms with E-state index in [1.807, 2.05) is 13.1 Å². The fraction of sp³-hybridized carbons (Fsp3) is 0.667. The van der Waals surface area contributed by atoms with Crippen molar-refractivity contribution in [3.05, 3.63) is 29.8 Å². The summed E-state index contributed by atoms with van der Waals surface area (Å²) in [7, 11) is 3.62. The number of nitrogens with one attached hydrogen (secondary N) is 2. The van der Waals surface area contributed by atoms with Crippen LogP contribution >= 0.6 is 24.0 Å². The standard InChI is InChI=1S/C21H34N4O.HI/c1-4-13-25-14-9-17(10-15-25)24-20(22-2)23-16-21(11-12-21)18-7-5-6-8-19(18)26-3;/h5-8,17H,4,9-16H2,1-3H3,(H2,22,23,24);1H. The van der Waals surface area contributed by atoms with E-state index in [1.165, 1.54) is 57.3 Å². The smallest absolute Gasteiger partial charge is 0.191 e. The van der Waals surface area contributed by atoms with Crippen LogP contribution in [0.25, 0.3) is 0 Å². The van der Waals surface area contributed by atoms with Gasteiger partial charge in [0.05, 0.1) is 7.11 Å². The first kappa shape index (κ1) is 22.3. The van der Waals surface area contributed by atoms with E-state index in [0.29, 0.717) is 6.04 Å². The average molecular weight is 486 g/mol. The Morgan fingerprint density at radius 2 is 1.96 bits per heavy atom. The molecule has 2 fully saturated rings. The molecule has 1 saturated heterocycles. The maximum absolute atomic E-state index is 5.58. The van der Waals surface area contributed by atoms with Crippen molar-refractivity contribution in [1.29, 1.82) is 0 Å². The zero-order chi connectivity index (χ0) is 18.4. The second-order valence-electron chi connectivity index (χ2n) is 7.67. The molecule has 6 heteroatoms. The fourth-order valence-electron chi connectivity index (χ4n) is 4.03. The van der Waals surface area contributed by atoms with Crippen molar-refractivity contribution >= 4 is 29.9 Å². The van der Waals surface area contributed by atoms with Gasteiger partial charge in [-0.3, -0.25) is 4.99 Å². The van der Waals surface area contributed by atoms with Crippen LogP contribution in [-0.4, -0.2) is 57.2 Å². The topological polar surface area (TPSA) is 48.9 Å². The van der Waals surface area contributed by atoms with Crippen molar-refractivity contribution in [2.45, 2.75) is 50.5 Å². The van der Waals surface area contributed by atoms with Crippen LogP contribution in [-0.2, 0) is 5.41 Å². The van der Waals surface area contributed by atoms with E-state index >= 15 is 0 Å². The Bertz CT molecular complexity index is 610. The Hall–Kier alpha value is -1.02. The van der Waals surface area contributed by atoms with Crippen LogP contribution in [0.4, 0.5) is 0 Å². The van der Waals surface area contributed by atoms with Gasteiger partial charge in [0, 0.05) is 43.7 Å². The molecule has 0 radical (unpaired) electrons. The van der Waals surface area contributed by atoms with Crippen molar-refractivity contribution in [2.24, 2.45) is 4.99 Å². The number of guanidine groups is 1. The lowest BCUT2D eigenvalue weighted by Gasteiger charge is -2.33. The van der Waals surface area contributed by atoms with Crippen LogP contribution in [0.15, 0.2) is 29.3 Å². The summed E-state index contributed by atoms with van der Waals surface area (Å²) >= 11 is 0. The third kappa shape index (κ3) is 5.73. The van der Waals surface area contributed by atoms with Gasteiger partial charge < -0.3 is 20.3 Å². The van der Waals surface area contributed by atoms with Gasteiger partial charge in [-0.05, 0) is 44.7 Å². The number of para-hydroxylation sites is 1. The van der Waals surface area contributed by atoms with E-state index in [1.54, 1.807) is 7.11 Å². The van der Waals surface area contributed by atoms with Gasteiger partial charge in [0.1, 0.15) is 5.75 Å². The number of benzene rings is 1. The number of halogens is 1. The number of piperidine rings is 1. The van der Waals surface area contributed by atoms with Crippen molar-refractivity contribution in [3.63, 3.8) is 0 Å². The number of likely N-dealkylation sites (tertiary alicyclic amines) is 1. The minimum absolute atomic E-state index is 0. The normalized spacial score (nSPS) is 19.9. The molecule has 27 heavy (non-hydrogen) atoms. The van der Waals surface area contributed by atoms with E-state index in [4.69, 9.17) is 4.74 Å². The molecule has 1 heterocycles. The summed E-state index contributed by atoms with van der Waals surface area (Å²) in [5.41, 5.74) is 1.51. The molecular formula is C21H35IN4O. The molecular weight excluding hydrogens is 451 g/mol. The predicted octanol–water partition coefficient (Wildman–Crippen LogP) is 3.38. The summed E-state index contributed by atoms with van der Waals surface area (Å²) in [4.78, 5) is 7.02. The third-order valence-corrected chi connectivity index (χ3v) is 5.82. The van der Waals surface area contributed by atoms with E-state index < -0.39 is 0 Å². The van der Waals surface area contributed by atoms with Crippen molar-refractivity contribution < 1.29 is 4.74 Å². The number of nitrogens with zero attached hydrogens (tertiary/aromatic N) is 2. The Kier molecular flexibility index (Phi) is 8.66. The first-order valence-electron chi connectivity index (χ1n) is 10.0. The Morgan fingerprint density at radius 3 is 2.56 bits per heavy atom. The average Bonchev–Trinajstić information content (AvgIpc) is 3.47. The molecule has 1 aromatic rings. The lowest BCUT2D eigenvalue weighted by molar-refractivity contribution is 0.206. The summed E-state index contributed by atoms with van der Waals surface area (Å²) in [5.74, 6) is 1.93. The maximum Gasteiger partial charge on any atom is 0.191 e. The van der Waals surface area contributed by atoms with Gasteiger partial charge in [0.2, 0.25) is 0 Å². The lowest BCUT2D eigenvalue weighted by Crippen LogP contribution is -2.49. The molecule has 1 aliphatic carbocycles. The van der Waals surface area contributed by atoms with Gasteiger partial charge in [-0.2, -0.15) is 0 Å². The van der Waals surface area contributed by atoms with Crippen LogP contribution in [0.3, 0.4) is 0 Å². The third-order valence-electron chi connectivity index (χ3n) is 5.82. The molecule has 3 rings (SSSR count). The summed E-state index contributed by atoms with van der Waals surface area (Å²) in [6.45, 7) is 6.76. The van der Waals surface area contributed by atoms with E-state index in [9.17, 15) is 0 Å². The molecule has 0 unspecified atom stereocenters. The highest BCUT2D eigenvalue weighted by molar-refractivity contribution is 14.0. The molecule has 152 valence electrons. The minimum atomic E-state index is 0. The van der Waals surface area contributed by atoms with Gasteiger partial charge in [-0.25, -0.2) is 0 Å². The molecule has 0 aromatic heterocycles. The van der Waals surface area contributed by atoms with Crippen LogP contribution in [0.1, 0.15) is 44.6 Å². The Morgan fingerprint density at radius 1 is 1.26 bits per heavy atom. The zero-order valence-electron chi connectivity index (χ0n) is 17.0. The first-order chi connectivity index (χ1) is 12.7. The molecule has 5 nitrogen and oxygen atoms in total. The number of rotatable bonds is 7. The first-order valence-corrected chi connectivity index (χ1v) is 10.0. The molecule has 1 aromatic carbocycles. The Labute approximate surface area is 181 Å². The molecule has 0 bridgehead atoms. The zero-order valence-corrected chi connectivity index (χ0v) is 19.3. The lowest BCUT2D eigenvalue weighted by atomic mass is 9.95. The summed E-state index contributed by atoms with van der Waals surface area (Å²) in [5, 5.41) is 7.21. The van der Waals surface area contributed by atoms with Crippen LogP contribution in [0.2, 0.25) is 0 Å². The van der Waals surface area contributed by atoms with E-state index in [2.05, 4.69) is 45.6 Å². The predicted molar refractivity (Wildman–Crippen MR) is 124 cm³/mol. The maximum atomic E-state index is 5.58. The highest BCUT2D eigenvalue weighted by Crippen LogP contribution is 2.50. The van der Waals surface area contributed by atoms with Gasteiger partial charge >= 0.3 is 0 Å². The van der Waals surface area contributed by atoms with Gasteiger partial charge in [-0.15, -0.1) is 24.0 Å². The van der Waals surface area contributed by atoms with E-state index in [0.717, 1.165) is 18.3 Å². The highest BCUT2D eigenvalue weighted by atomic mass is 127. The van der Waals surface area contributed by atoms with Crippen LogP contribution < -0.4 is 15.4 Å². The number of hydrogen-bond acceptors (Lipinski definition) is 3. The van der Waals surface area contributed by atoms with Crippen molar-refractivity contribution in [1.82, 2.24) is 15.5 Å². The monoisotopic (exact) mass is 486 g/mol. The second kappa shape index (κ2) is 10.5. The fourth-order valence-corrected chi connectivity index (χ4v) is 4.03. The molecule has 0 amide bonds. The highest BCUT2D eigenvalue weighted by Gasteiger charge is 2.46. The summed E-state index contributed by atoms with van der Waals surface area (Å²) < 4.78 is 5.58. The quantitative estimate of drug-likeness (QED) is 0.353. The molecule has 0 atom stereocenters. The minimum Gasteiger partial charge on any atom is -0.496 e. The van der Waals surface area contributed by atoms with Crippen LogP contribution in [0, 0.1) is 0 Å². The van der Waals surface area contributed by atoms with E-state index in [-0.39, 0.29) is 29.4 Å². The molecule has 1 aliphatic heterocycles. The molecule has 2 N–H and O–H groups in total. The van der Waals surface area contributed by atoms with Gasteiger partial charge in [0.15, 0.2) is 5.96 Å². The van der Waals surface area contributed by atoms with Crippen molar-refractivity contribution in [3.8, 4) is 5.75 Å². The summed E-state index contributed by atoms with van der Waals surface area (Å²) in [6, 6.07) is 8.93. The molecule has 1 saturated carbocycles. The van der Waals surface area contributed by atoms with Gasteiger partial charge in [0.25, 0.3) is 0 Å². The SMILES string of the molecule is CCCN1CCC(NC(=NC)NCC2(c3ccccc3OC)CC2)CC1.I. The number of methoxy groups -OCH3 is 1. The Balaban J connectivity index is 0.00000261. The number of hydrogen-bond donors (Lipinski definition) is 2. The van der Waals surface area contributed by atoms with Crippen molar-refractivity contribution in [2.75, 3.05) is 40.3 Å². The molecule has 2 aliphatic rings. The number of aliphatic imine (C=N–C) groups is 1. The molecule has 0 spiro atoms. The summed E-state index contributed by atoms with van der Waals surface area (Å²) in [6.07, 6.45) is 6.03. The van der Waals surface area contributed by atoms with Crippen LogP contribution in [0.5, 0.6) is 5.75 Å². The second-order valence-corrected chi connectivity index (χ2v) is 7.67. The largest absolute Gasteiger partial charge is 0.496 e. The van der Waals surface area contributed by atoms with Gasteiger partial charge in [-0.1, -0.05) is 25.1 Å².